The van der Waals surface area contributed by atoms with Gasteiger partial charge in [-0.15, -0.1) is 11.3 Å². The molecular formula is C14H11ClF3IN2OS. The topological polar surface area (TPSA) is 42.0 Å². The van der Waals surface area contributed by atoms with Crippen LogP contribution < -0.4 is 5.32 Å². The van der Waals surface area contributed by atoms with Crippen molar-refractivity contribution in [1.29, 1.82) is 0 Å². The Bertz CT molecular complexity index is 720. The molecule has 2 heterocycles. The van der Waals surface area contributed by atoms with Gasteiger partial charge in [0, 0.05) is 18.7 Å². The Labute approximate surface area is 153 Å². The average molecular weight is 475 g/mol. The van der Waals surface area contributed by atoms with Gasteiger partial charge in [0.1, 0.15) is 0 Å². The molecule has 2 rings (SSSR count). The third-order valence-electron chi connectivity index (χ3n) is 2.98. The van der Waals surface area contributed by atoms with Crippen molar-refractivity contribution in [1.82, 2.24) is 10.3 Å². The minimum absolute atomic E-state index is 0.0639. The summed E-state index contributed by atoms with van der Waals surface area (Å²) in [5.74, 6) is -0.230. The van der Waals surface area contributed by atoms with E-state index in [0.717, 1.165) is 15.1 Å². The summed E-state index contributed by atoms with van der Waals surface area (Å²) >= 11 is 9.40. The van der Waals surface area contributed by atoms with Crippen molar-refractivity contribution in [2.75, 3.05) is 0 Å². The maximum Gasteiger partial charge on any atom is 0.417 e. The Morgan fingerprint density at radius 3 is 2.74 bits per heavy atom. The number of carbonyl (C=O) groups is 1. The highest BCUT2D eigenvalue weighted by atomic mass is 127. The van der Waals surface area contributed by atoms with Crippen molar-refractivity contribution in [2.24, 2.45) is 0 Å². The highest BCUT2D eigenvalue weighted by Gasteiger charge is 2.31. The standard InChI is InChI=1S/C14H11ClF3IN2OS/c1-7(21-13(22)9-2-3-23-12(9)19)4-11-10(15)5-8(6-20-11)14(16,17)18/h2-3,5-7H,4H2,1H3,(H,21,22). The van der Waals surface area contributed by atoms with E-state index in [4.69, 9.17) is 11.6 Å². The third-order valence-corrected chi connectivity index (χ3v) is 5.35. The van der Waals surface area contributed by atoms with E-state index in [2.05, 4.69) is 32.9 Å². The number of carbonyl (C=O) groups excluding carboxylic acids is 1. The van der Waals surface area contributed by atoms with Crippen LogP contribution in [0, 0.1) is 2.88 Å². The van der Waals surface area contributed by atoms with Gasteiger partial charge in [-0.3, -0.25) is 9.78 Å². The van der Waals surface area contributed by atoms with Crippen LogP contribution in [0.3, 0.4) is 0 Å². The van der Waals surface area contributed by atoms with Crippen LogP contribution in [0.25, 0.3) is 0 Å². The van der Waals surface area contributed by atoms with Crippen LogP contribution in [0.1, 0.15) is 28.5 Å². The SMILES string of the molecule is CC(Cc1ncc(C(F)(F)F)cc1Cl)NC(=O)c1ccsc1I. The molecule has 3 nitrogen and oxygen atoms in total. The van der Waals surface area contributed by atoms with Gasteiger partial charge in [0.05, 0.1) is 24.7 Å². The molecule has 0 bridgehead atoms. The zero-order valence-corrected chi connectivity index (χ0v) is 15.5. The molecule has 1 amide bonds. The molecule has 0 saturated carbocycles. The first kappa shape index (κ1) is 18.5. The average Bonchev–Trinajstić information content (AvgIpc) is 2.86. The van der Waals surface area contributed by atoms with Crippen molar-refractivity contribution in [3.8, 4) is 0 Å². The molecular weight excluding hydrogens is 464 g/mol. The zero-order valence-electron chi connectivity index (χ0n) is 11.7. The molecule has 0 radical (unpaired) electrons. The number of rotatable bonds is 4. The summed E-state index contributed by atoms with van der Waals surface area (Å²) in [7, 11) is 0. The van der Waals surface area contributed by atoms with Crippen LogP contribution in [0.15, 0.2) is 23.7 Å². The maximum atomic E-state index is 12.6. The van der Waals surface area contributed by atoms with E-state index in [-0.39, 0.29) is 23.4 Å². The van der Waals surface area contributed by atoms with Gasteiger partial charge in [0.25, 0.3) is 5.91 Å². The minimum atomic E-state index is -4.48. The number of hydrogen-bond acceptors (Lipinski definition) is 3. The lowest BCUT2D eigenvalue weighted by Crippen LogP contribution is -2.34. The quantitative estimate of drug-likeness (QED) is 0.648. The Hall–Kier alpha value is -0.870. The van der Waals surface area contributed by atoms with Gasteiger partial charge in [0.2, 0.25) is 0 Å². The fourth-order valence-corrected chi connectivity index (χ4v) is 3.59. The van der Waals surface area contributed by atoms with Crippen molar-refractivity contribution in [3.05, 3.63) is 48.4 Å². The second-order valence-corrected chi connectivity index (χ2v) is 7.97. The molecule has 1 atom stereocenters. The molecule has 1 N–H and O–H groups in total. The van der Waals surface area contributed by atoms with Gasteiger partial charge < -0.3 is 5.32 Å². The fraction of sp³-hybridized carbons (Fsp3) is 0.286. The molecule has 2 aromatic heterocycles. The summed E-state index contributed by atoms with van der Waals surface area (Å²) < 4.78 is 38.6. The monoisotopic (exact) mass is 474 g/mol. The summed E-state index contributed by atoms with van der Waals surface area (Å²) in [6, 6.07) is 2.25. The van der Waals surface area contributed by atoms with Gasteiger partial charge in [-0.2, -0.15) is 13.2 Å². The van der Waals surface area contributed by atoms with Crippen molar-refractivity contribution in [2.45, 2.75) is 25.6 Å². The summed E-state index contributed by atoms with van der Waals surface area (Å²) in [6.07, 6.45) is -3.49. The number of aromatic nitrogens is 1. The predicted molar refractivity (Wildman–Crippen MR) is 91.9 cm³/mol. The molecule has 9 heteroatoms. The van der Waals surface area contributed by atoms with Crippen LogP contribution in [-0.2, 0) is 12.6 Å². The van der Waals surface area contributed by atoms with Crippen LogP contribution in [0.4, 0.5) is 13.2 Å². The summed E-state index contributed by atoms with van der Waals surface area (Å²) in [4.78, 5) is 15.9. The Kier molecular flexibility index (Phi) is 5.90. The van der Waals surface area contributed by atoms with Gasteiger partial charge in [-0.1, -0.05) is 11.6 Å². The predicted octanol–water partition coefficient (Wildman–Crippen LogP) is 4.78. The molecule has 0 spiro atoms. The first-order chi connectivity index (χ1) is 10.7. The molecule has 0 aromatic carbocycles. The van der Waals surface area contributed by atoms with Gasteiger partial charge in [0.15, 0.2) is 0 Å². The lowest BCUT2D eigenvalue weighted by Gasteiger charge is -2.15. The number of thiophene rings is 1. The Morgan fingerprint density at radius 2 is 2.22 bits per heavy atom. The molecule has 1 unspecified atom stereocenters. The van der Waals surface area contributed by atoms with Crippen molar-refractivity contribution < 1.29 is 18.0 Å². The molecule has 23 heavy (non-hydrogen) atoms. The second kappa shape index (κ2) is 7.35. The molecule has 0 aliphatic heterocycles. The molecule has 124 valence electrons. The normalized spacial score (nSPS) is 13.0. The molecule has 2 aromatic rings. The lowest BCUT2D eigenvalue weighted by atomic mass is 10.1. The maximum absolute atomic E-state index is 12.6. The van der Waals surface area contributed by atoms with E-state index in [9.17, 15) is 18.0 Å². The van der Waals surface area contributed by atoms with Gasteiger partial charge in [-0.25, -0.2) is 0 Å². The van der Waals surface area contributed by atoms with Crippen molar-refractivity contribution in [3.63, 3.8) is 0 Å². The first-order valence-electron chi connectivity index (χ1n) is 6.44. The summed E-state index contributed by atoms with van der Waals surface area (Å²) in [6.45, 7) is 1.74. The number of nitrogens with one attached hydrogen (secondary N) is 1. The van der Waals surface area contributed by atoms with Crippen molar-refractivity contribution >= 4 is 51.4 Å². The molecule has 0 aliphatic carbocycles. The number of hydrogen-bond donors (Lipinski definition) is 1. The third kappa shape index (κ3) is 4.80. The summed E-state index contributed by atoms with van der Waals surface area (Å²) in [5, 5.41) is 4.54. The van der Waals surface area contributed by atoms with E-state index < -0.39 is 11.7 Å². The van der Waals surface area contributed by atoms with Crippen LogP contribution in [-0.4, -0.2) is 16.9 Å². The van der Waals surface area contributed by atoms with Gasteiger partial charge >= 0.3 is 6.18 Å². The number of pyridine rings is 1. The van der Waals surface area contributed by atoms with Crippen LogP contribution in [0.2, 0.25) is 5.02 Å². The van der Waals surface area contributed by atoms with E-state index in [1.54, 1.807) is 13.0 Å². The first-order valence-corrected chi connectivity index (χ1v) is 8.77. The van der Waals surface area contributed by atoms with Crippen LogP contribution >= 0.6 is 45.5 Å². The zero-order chi connectivity index (χ0) is 17.2. The smallest absolute Gasteiger partial charge is 0.349 e. The molecule has 0 fully saturated rings. The van der Waals surface area contributed by atoms with E-state index in [1.807, 2.05) is 5.38 Å². The summed E-state index contributed by atoms with van der Waals surface area (Å²) in [5.41, 5.74) is -0.00262. The largest absolute Gasteiger partial charge is 0.417 e. The highest BCUT2D eigenvalue weighted by molar-refractivity contribution is 14.1. The number of alkyl halides is 3. The Morgan fingerprint density at radius 1 is 1.52 bits per heavy atom. The highest BCUT2D eigenvalue weighted by Crippen LogP contribution is 2.31. The molecule has 0 aliphatic rings. The number of nitrogens with zero attached hydrogens (tertiary/aromatic N) is 1. The second-order valence-electron chi connectivity index (χ2n) is 4.84. The van der Waals surface area contributed by atoms with E-state index >= 15 is 0 Å². The Balaban J connectivity index is 2.04. The number of halogens is 5. The fourth-order valence-electron chi connectivity index (χ4n) is 1.87. The minimum Gasteiger partial charge on any atom is -0.349 e. The molecule has 0 saturated heterocycles. The van der Waals surface area contributed by atoms with E-state index in [1.165, 1.54) is 11.3 Å². The van der Waals surface area contributed by atoms with E-state index in [0.29, 0.717) is 11.3 Å². The van der Waals surface area contributed by atoms with Gasteiger partial charge in [-0.05, 0) is 47.0 Å². The number of amides is 1. The lowest BCUT2D eigenvalue weighted by molar-refractivity contribution is -0.137. The van der Waals surface area contributed by atoms with Crippen LogP contribution in [0.5, 0.6) is 0 Å².